The standard InChI is InChI=1S/C17H19Br2NO/c18-14-4-5-15-13(10-14)3-6-16(17(15)19)21-9-7-12-2-1-8-20-11-12/h3-6,10,12,20H,1-2,7-9,11H2/t12-/m1/s1. The Morgan fingerprint density at radius 2 is 2.10 bits per heavy atom. The number of hydrogen-bond donors (Lipinski definition) is 1. The topological polar surface area (TPSA) is 21.3 Å². The van der Waals surface area contributed by atoms with E-state index in [1.54, 1.807) is 0 Å². The number of nitrogens with one attached hydrogen (secondary N) is 1. The first-order valence-corrected chi connectivity index (χ1v) is 9.04. The van der Waals surface area contributed by atoms with Gasteiger partial charge in [0.2, 0.25) is 0 Å². The summed E-state index contributed by atoms with van der Waals surface area (Å²) >= 11 is 7.19. The molecule has 0 aromatic heterocycles. The van der Waals surface area contributed by atoms with Crippen molar-refractivity contribution in [2.75, 3.05) is 19.7 Å². The Morgan fingerprint density at radius 3 is 2.90 bits per heavy atom. The first-order valence-electron chi connectivity index (χ1n) is 7.45. The van der Waals surface area contributed by atoms with Crippen molar-refractivity contribution in [2.24, 2.45) is 5.92 Å². The van der Waals surface area contributed by atoms with Gasteiger partial charge in [0.25, 0.3) is 0 Å². The molecule has 1 heterocycles. The monoisotopic (exact) mass is 411 g/mol. The highest BCUT2D eigenvalue weighted by molar-refractivity contribution is 9.11. The molecule has 1 N–H and O–H groups in total. The molecule has 0 aliphatic carbocycles. The summed E-state index contributed by atoms with van der Waals surface area (Å²) in [5.41, 5.74) is 0. The van der Waals surface area contributed by atoms with Crippen molar-refractivity contribution in [1.82, 2.24) is 5.32 Å². The second-order valence-corrected chi connectivity index (χ2v) is 7.30. The van der Waals surface area contributed by atoms with Gasteiger partial charge in [-0.15, -0.1) is 0 Å². The Kier molecular flexibility index (Phi) is 5.19. The zero-order valence-electron chi connectivity index (χ0n) is 11.9. The van der Waals surface area contributed by atoms with Gasteiger partial charge in [-0.2, -0.15) is 0 Å². The van der Waals surface area contributed by atoms with Crippen LogP contribution in [0.2, 0.25) is 0 Å². The van der Waals surface area contributed by atoms with Gasteiger partial charge >= 0.3 is 0 Å². The van der Waals surface area contributed by atoms with Crippen molar-refractivity contribution in [3.05, 3.63) is 39.3 Å². The summed E-state index contributed by atoms with van der Waals surface area (Å²) in [4.78, 5) is 0. The molecule has 1 atom stereocenters. The Bertz CT molecular complexity index is 623. The highest BCUT2D eigenvalue weighted by Crippen LogP contribution is 2.34. The normalized spacial score (nSPS) is 18.9. The van der Waals surface area contributed by atoms with Gasteiger partial charge in [-0.3, -0.25) is 0 Å². The van der Waals surface area contributed by atoms with Crippen molar-refractivity contribution < 1.29 is 4.74 Å². The molecule has 0 unspecified atom stereocenters. The third-order valence-electron chi connectivity index (χ3n) is 4.06. The summed E-state index contributed by atoms with van der Waals surface area (Å²) in [7, 11) is 0. The molecule has 0 amide bonds. The minimum absolute atomic E-state index is 0.758. The molecule has 0 saturated carbocycles. The van der Waals surface area contributed by atoms with E-state index in [4.69, 9.17) is 4.74 Å². The Morgan fingerprint density at radius 1 is 1.19 bits per heavy atom. The molecule has 1 aliphatic rings. The van der Waals surface area contributed by atoms with Crippen LogP contribution in [0.25, 0.3) is 10.8 Å². The predicted octanol–water partition coefficient (Wildman–Crippen LogP) is 5.13. The Balaban J connectivity index is 1.66. The Labute approximate surface area is 142 Å². The van der Waals surface area contributed by atoms with Crippen LogP contribution in [0.3, 0.4) is 0 Å². The van der Waals surface area contributed by atoms with E-state index < -0.39 is 0 Å². The van der Waals surface area contributed by atoms with Crippen LogP contribution >= 0.6 is 31.9 Å². The van der Waals surface area contributed by atoms with Crippen LogP contribution in [0.15, 0.2) is 39.3 Å². The fourth-order valence-electron chi connectivity index (χ4n) is 2.86. The van der Waals surface area contributed by atoms with E-state index in [9.17, 15) is 0 Å². The van der Waals surface area contributed by atoms with Crippen molar-refractivity contribution in [1.29, 1.82) is 0 Å². The van der Waals surface area contributed by atoms with Crippen molar-refractivity contribution in [3.63, 3.8) is 0 Å². The summed E-state index contributed by atoms with van der Waals surface area (Å²) < 4.78 is 8.14. The quantitative estimate of drug-likeness (QED) is 0.751. The van der Waals surface area contributed by atoms with Gasteiger partial charge < -0.3 is 10.1 Å². The average molecular weight is 413 g/mol. The van der Waals surface area contributed by atoms with Gasteiger partial charge in [-0.25, -0.2) is 0 Å². The zero-order valence-corrected chi connectivity index (χ0v) is 15.0. The number of ether oxygens (including phenoxy) is 1. The lowest BCUT2D eigenvalue weighted by Crippen LogP contribution is -2.30. The summed E-state index contributed by atoms with van der Waals surface area (Å²) in [6.07, 6.45) is 3.74. The molecule has 3 rings (SSSR count). The molecule has 2 nitrogen and oxygen atoms in total. The van der Waals surface area contributed by atoms with Crippen molar-refractivity contribution in [2.45, 2.75) is 19.3 Å². The van der Waals surface area contributed by atoms with E-state index in [1.807, 2.05) is 0 Å². The lowest BCUT2D eigenvalue weighted by Gasteiger charge is -2.22. The maximum absolute atomic E-state index is 5.99. The molecular weight excluding hydrogens is 394 g/mol. The highest BCUT2D eigenvalue weighted by atomic mass is 79.9. The van der Waals surface area contributed by atoms with Crippen LogP contribution in [0.1, 0.15) is 19.3 Å². The molecule has 0 spiro atoms. The fraction of sp³-hybridized carbons (Fsp3) is 0.412. The number of benzene rings is 2. The summed E-state index contributed by atoms with van der Waals surface area (Å²) in [6, 6.07) is 10.5. The predicted molar refractivity (Wildman–Crippen MR) is 95.1 cm³/mol. The molecule has 21 heavy (non-hydrogen) atoms. The SMILES string of the molecule is Brc1ccc2c(Br)c(OCC[C@H]3CCCNC3)ccc2c1. The van der Waals surface area contributed by atoms with Crippen LogP contribution in [-0.4, -0.2) is 19.7 Å². The van der Waals surface area contributed by atoms with Crippen LogP contribution in [0, 0.1) is 5.92 Å². The van der Waals surface area contributed by atoms with Gasteiger partial charge in [0.05, 0.1) is 11.1 Å². The van der Waals surface area contributed by atoms with Crippen LogP contribution in [0.4, 0.5) is 0 Å². The third-order valence-corrected chi connectivity index (χ3v) is 5.37. The molecule has 4 heteroatoms. The van der Waals surface area contributed by atoms with Gasteiger partial charge in [0, 0.05) is 4.47 Å². The third kappa shape index (κ3) is 3.79. The average Bonchev–Trinajstić information content (AvgIpc) is 2.50. The largest absolute Gasteiger partial charge is 0.492 e. The molecular formula is C17H19Br2NO. The molecule has 1 aliphatic heterocycles. The fourth-order valence-corrected chi connectivity index (χ4v) is 3.85. The van der Waals surface area contributed by atoms with Crippen molar-refractivity contribution in [3.8, 4) is 5.75 Å². The van der Waals surface area contributed by atoms with Gasteiger partial charge in [-0.05, 0) is 83.2 Å². The van der Waals surface area contributed by atoms with E-state index in [-0.39, 0.29) is 0 Å². The van der Waals surface area contributed by atoms with Crippen molar-refractivity contribution >= 4 is 42.6 Å². The maximum Gasteiger partial charge on any atom is 0.134 e. The zero-order chi connectivity index (χ0) is 14.7. The van der Waals surface area contributed by atoms with E-state index in [1.165, 1.54) is 30.2 Å². The number of fused-ring (bicyclic) bond motifs is 1. The lowest BCUT2D eigenvalue weighted by atomic mass is 9.97. The lowest BCUT2D eigenvalue weighted by molar-refractivity contribution is 0.253. The van der Waals surface area contributed by atoms with E-state index >= 15 is 0 Å². The second-order valence-electron chi connectivity index (χ2n) is 5.59. The summed E-state index contributed by atoms with van der Waals surface area (Å²) in [6.45, 7) is 3.09. The van der Waals surface area contributed by atoms with Crippen LogP contribution < -0.4 is 10.1 Å². The van der Waals surface area contributed by atoms with Crippen LogP contribution in [0.5, 0.6) is 5.75 Å². The van der Waals surface area contributed by atoms with Gasteiger partial charge in [-0.1, -0.05) is 28.1 Å². The van der Waals surface area contributed by atoms with Gasteiger partial charge in [0.1, 0.15) is 5.75 Å². The Hall–Kier alpha value is -0.580. The first-order chi connectivity index (χ1) is 10.2. The summed E-state index contributed by atoms with van der Waals surface area (Å²) in [5.74, 6) is 1.70. The van der Waals surface area contributed by atoms with E-state index in [0.29, 0.717) is 0 Å². The molecule has 112 valence electrons. The summed E-state index contributed by atoms with van der Waals surface area (Å²) in [5, 5.41) is 5.85. The van der Waals surface area contributed by atoms with E-state index in [2.05, 4.69) is 67.5 Å². The minimum atomic E-state index is 0.758. The molecule has 2 aromatic carbocycles. The smallest absolute Gasteiger partial charge is 0.134 e. The van der Waals surface area contributed by atoms with Crippen LogP contribution in [-0.2, 0) is 0 Å². The minimum Gasteiger partial charge on any atom is -0.492 e. The number of hydrogen-bond acceptors (Lipinski definition) is 2. The highest BCUT2D eigenvalue weighted by Gasteiger charge is 2.13. The number of rotatable bonds is 4. The maximum atomic E-state index is 5.99. The molecule has 1 saturated heterocycles. The molecule has 1 fully saturated rings. The number of piperidine rings is 1. The second kappa shape index (κ2) is 7.12. The van der Waals surface area contributed by atoms with E-state index in [0.717, 1.165) is 40.2 Å². The molecule has 0 radical (unpaired) electrons. The molecule has 2 aromatic rings. The molecule has 0 bridgehead atoms. The number of halogens is 2. The first kappa shape index (κ1) is 15.3. The van der Waals surface area contributed by atoms with Gasteiger partial charge in [0.15, 0.2) is 0 Å².